The second kappa shape index (κ2) is 9.71. The minimum atomic E-state index is -2.71. The summed E-state index contributed by atoms with van der Waals surface area (Å²) < 4.78 is 15.0. The maximum atomic E-state index is 12.1. The number of rotatable bonds is 7. The van der Waals surface area contributed by atoms with Crippen LogP contribution in [0.5, 0.6) is 5.75 Å². The highest BCUT2D eigenvalue weighted by Gasteiger charge is 2.48. The van der Waals surface area contributed by atoms with Crippen molar-refractivity contribution in [2.75, 3.05) is 38.7 Å². The molecule has 0 bridgehead atoms. The molecule has 2 aromatic carbocycles. The minimum absolute atomic E-state index is 0.0700. The minimum Gasteiger partial charge on any atom is -0.494 e. The lowest BCUT2D eigenvalue weighted by molar-refractivity contribution is -0.384. The van der Waals surface area contributed by atoms with Gasteiger partial charge in [0.2, 0.25) is 0 Å². The van der Waals surface area contributed by atoms with Gasteiger partial charge in [-0.25, -0.2) is 14.2 Å². The van der Waals surface area contributed by atoms with Gasteiger partial charge in [-0.15, -0.1) is 0 Å². The molecule has 2 aliphatic rings. The molecule has 2 aromatic rings. The molecule has 0 N–H and O–H groups in total. The molecule has 0 saturated carbocycles. The summed E-state index contributed by atoms with van der Waals surface area (Å²) in [5.41, 5.74) is 3.47. The largest absolute Gasteiger partial charge is 0.494 e. The van der Waals surface area contributed by atoms with Gasteiger partial charge in [-0.2, -0.15) is 5.10 Å². The number of hydrogen-bond donors (Lipinski definition) is 0. The van der Waals surface area contributed by atoms with E-state index in [0.717, 1.165) is 29.8 Å². The Morgan fingerprint density at radius 1 is 1.14 bits per heavy atom. The molecule has 4 rings (SSSR count). The summed E-state index contributed by atoms with van der Waals surface area (Å²) in [6.07, 6.45) is 1.91. The van der Waals surface area contributed by atoms with E-state index in [0.29, 0.717) is 18.0 Å². The Bertz CT molecular complexity index is 1300. The third-order valence-electron chi connectivity index (χ3n) is 7.01. The Labute approximate surface area is 213 Å². The summed E-state index contributed by atoms with van der Waals surface area (Å²) in [7, 11) is 1.30. The van der Waals surface area contributed by atoms with Gasteiger partial charge in [0.1, 0.15) is 11.4 Å². The number of anilines is 1. The van der Waals surface area contributed by atoms with Crippen molar-refractivity contribution < 1.29 is 9.66 Å². The average molecular weight is 511 g/mol. The van der Waals surface area contributed by atoms with Gasteiger partial charge in [0.15, 0.2) is 7.36 Å². The SMILES string of the molecule is CCOc1ccc(N=P2(N(CC)CC)/C(=C3\N(C)c4ccccc4C3(C)C)C=NN2C)c([N+](=O)[O-])c1. The van der Waals surface area contributed by atoms with Gasteiger partial charge < -0.3 is 9.64 Å². The maximum Gasteiger partial charge on any atom is 0.298 e. The number of nitro groups is 1. The van der Waals surface area contributed by atoms with Crippen LogP contribution in [-0.4, -0.2) is 54.4 Å². The Morgan fingerprint density at radius 3 is 2.44 bits per heavy atom. The second-order valence-corrected chi connectivity index (χ2v) is 12.3. The first kappa shape index (κ1) is 25.9. The fraction of sp³-hybridized carbons (Fsp3) is 0.423. The van der Waals surface area contributed by atoms with Crippen LogP contribution >= 0.6 is 7.36 Å². The van der Waals surface area contributed by atoms with Crippen molar-refractivity contribution in [1.29, 1.82) is 0 Å². The molecular weight excluding hydrogens is 475 g/mol. The van der Waals surface area contributed by atoms with E-state index < -0.39 is 7.36 Å². The second-order valence-electron chi connectivity index (χ2n) is 9.32. The van der Waals surface area contributed by atoms with Crippen LogP contribution < -0.4 is 9.64 Å². The number of para-hydroxylation sites is 1. The third-order valence-corrected chi connectivity index (χ3v) is 10.7. The Balaban J connectivity index is 2.07. The molecule has 10 heteroatoms. The van der Waals surface area contributed by atoms with E-state index >= 15 is 0 Å². The van der Waals surface area contributed by atoms with Gasteiger partial charge in [0.25, 0.3) is 5.69 Å². The summed E-state index contributed by atoms with van der Waals surface area (Å²) in [5, 5.41) is 17.9. The molecule has 0 saturated heterocycles. The van der Waals surface area contributed by atoms with Crippen molar-refractivity contribution in [2.24, 2.45) is 9.85 Å². The van der Waals surface area contributed by atoms with Crippen molar-refractivity contribution in [3.8, 4) is 5.75 Å². The van der Waals surface area contributed by atoms with E-state index in [1.54, 1.807) is 12.1 Å². The quantitative estimate of drug-likeness (QED) is 0.238. The number of nitro benzene ring substituents is 1. The monoisotopic (exact) mass is 510 g/mol. The molecule has 0 spiro atoms. The highest BCUT2D eigenvalue weighted by atomic mass is 31.2. The molecule has 0 amide bonds. The van der Waals surface area contributed by atoms with Crippen molar-refractivity contribution in [3.63, 3.8) is 0 Å². The molecule has 2 aliphatic heterocycles. The fourth-order valence-corrected chi connectivity index (χ4v) is 9.10. The van der Waals surface area contributed by atoms with Gasteiger partial charge in [0.05, 0.1) is 29.1 Å². The number of ether oxygens (including phenoxy) is 1. The number of hydrazone groups is 1. The molecular formula is C26H35N6O3P. The number of allylic oxidation sites excluding steroid dienone is 2. The summed E-state index contributed by atoms with van der Waals surface area (Å²) in [6.45, 7) is 12.4. The highest BCUT2D eigenvalue weighted by molar-refractivity contribution is 7.67. The number of likely N-dealkylation sites (N-methyl/N-ethyl adjacent to an activating group) is 1. The van der Waals surface area contributed by atoms with Gasteiger partial charge in [-0.05, 0) is 30.7 Å². The molecule has 2 heterocycles. The zero-order chi connectivity index (χ0) is 26.3. The molecule has 1 unspecified atom stereocenters. The standard InChI is InChI=1S/C26H35N6O3P/c1-8-31(9-2)36(28-21-16-15-19(35-10-3)17-23(21)32(33)34)24(18-27-30(36)7)25-26(4,5)20-13-11-12-14-22(20)29(25)6/h11-18H,8-10H2,1-7H3/b25-24-. The van der Waals surface area contributed by atoms with Crippen molar-refractivity contribution in [3.05, 3.63) is 69.2 Å². The van der Waals surface area contributed by atoms with E-state index in [4.69, 9.17) is 14.6 Å². The Kier molecular flexibility index (Phi) is 6.99. The van der Waals surface area contributed by atoms with Crippen LogP contribution in [0.1, 0.15) is 40.2 Å². The van der Waals surface area contributed by atoms with E-state index in [-0.39, 0.29) is 16.0 Å². The molecule has 0 radical (unpaired) electrons. The van der Waals surface area contributed by atoms with Crippen LogP contribution in [0.25, 0.3) is 0 Å². The van der Waals surface area contributed by atoms with Crippen molar-refractivity contribution in [2.45, 2.75) is 40.0 Å². The predicted molar refractivity (Wildman–Crippen MR) is 147 cm³/mol. The first-order valence-corrected chi connectivity index (χ1v) is 13.9. The van der Waals surface area contributed by atoms with E-state index in [9.17, 15) is 10.1 Å². The zero-order valence-corrected chi connectivity index (χ0v) is 23.0. The van der Waals surface area contributed by atoms with E-state index in [1.165, 1.54) is 11.6 Å². The first-order valence-electron chi connectivity index (χ1n) is 12.3. The third kappa shape index (κ3) is 3.91. The average Bonchev–Trinajstić information content (AvgIpc) is 3.26. The van der Waals surface area contributed by atoms with Crippen molar-refractivity contribution in [1.82, 2.24) is 9.45 Å². The van der Waals surface area contributed by atoms with E-state index in [2.05, 4.69) is 62.5 Å². The number of hydrogen-bond acceptors (Lipinski definition) is 6. The van der Waals surface area contributed by atoms with Crippen LogP contribution in [0.2, 0.25) is 0 Å². The Morgan fingerprint density at radius 2 is 1.83 bits per heavy atom. The van der Waals surface area contributed by atoms with Crippen LogP contribution in [0.4, 0.5) is 17.1 Å². The van der Waals surface area contributed by atoms with Crippen LogP contribution in [-0.2, 0) is 5.41 Å². The Hall–Kier alpha value is -3.16. The molecule has 36 heavy (non-hydrogen) atoms. The van der Waals surface area contributed by atoms with Crippen LogP contribution in [0.3, 0.4) is 0 Å². The molecule has 0 fully saturated rings. The normalized spacial score (nSPS) is 22.3. The van der Waals surface area contributed by atoms with E-state index in [1.807, 2.05) is 31.0 Å². The number of fused-ring (bicyclic) bond motifs is 1. The van der Waals surface area contributed by atoms with Gasteiger partial charge in [-0.3, -0.25) is 10.1 Å². The van der Waals surface area contributed by atoms with Crippen LogP contribution in [0.15, 0.2) is 63.3 Å². The lowest BCUT2D eigenvalue weighted by Gasteiger charge is -2.39. The van der Waals surface area contributed by atoms with Gasteiger partial charge in [0, 0.05) is 44.0 Å². The summed E-state index contributed by atoms with van der Waals surface area (Å²) >= 11 is 0. The first-order chi connectivity index (χ1) is 17.1. The topological polar surface area (TPSA) is 86.8 Å². The lowest BCUT2D eigenvalue weighted by Crippen LogP contribution is -2.30. The van der Waals surface area contributed by atoms with Gasteiger partial charge >= 0.3 is 0 Å². The van der Waals surface area contributed by atoms with Gasteiger partial charge in [-0.1, -0.05) is 45.9 Å². The summed E-state index contributed by atoms with van der Waals surface area (Å²) in [4.78, 5) is 14.0. The molecule has 9 nitrogen and oxygen atoms in total. The highest BCUT2D eigenvalue weighted by Crippen LogP contribution is 2.69. The zero-order valence-electron chi connectivity index (χ0n) is 22.1. The van der Waals surface area contributed by atoms with Crippen LogP contribution in [0, 0.1) is 10.1 Å². The maximum absolute atomic E-state index is 12.1. The van der Waals surface area contributed by atoms with Crippen molar-refractivity contribution >= 4 is 30.6 Å². The molecule has 0 aliphatic carbocycles. The predicted octanol–water partition coefficient (Wildman–Crippen LogP) is 6.57. The number of benzene rings is 2. The lowest BCUT2D eigenvalue weighted by atomic mass is 9.84. The molecule has 0 aromatic heterocycles. The molecule has 1 atom stereocenters. The summed E-state index contributed by atoms with van der Waals surface area (Å²) in [6, 6.07) is 13.3. The smallest absolute Gasteiger partial charge is 0.298 e. The summed E-state index contributed by atoms with van der Waals surface area (Å²) in [5.74, 6) is 0.458. The number of nitrogens with zero attached hydrogens (tertiary/aromatic N) is 6. The molecule has 192 valence electrons. The fourth-order valence-electron chi connectivity index (χ4n) is 5.38.